The first kappa shape index (κ1) is 16.0. The molecule has 0 aliphatic carbocycles. The molecule has 6 nitrogen and oxygen atoms in total. The third-order valence-corrected chi connectivity index (χ3v) is 4.29. The lowest BCUT2D eigenvalue weighted by Gasteiger charge is -2.32. The van der Waals surface area contributed by atoms with E-state index in [1.165, 1.54) is 6.33 Å². The van der Waals surface area contributed by atoms with Gasteiger partial charge in [0.1, 0.15) is 12.9 Å². The van der Waals surface area contributed by atoms with Crippen molar-refractivity contribution in [3.63, 3.8) is 0 Å². The van der Waals surface area contributed by atoms with Crippen LogP contribution in [0.25, 0.3) is 11.4 Å². The monoisotopic (exact) mass is 334 g/mol. The molecule has 1 atom stereocenters. The molecule has 2 aromatic rings. The maximum atomic E-state index is 12.5. The largest absolute Gasteiger partial charge is 0.375 e. The summed E-state index contributed by atoms with van der Waals surface area (Å²) < 4.78 is 7.20. The van der Waals surface area contributed by atoms with E-state index in [9.17, 15) is 4.79 Å². The van der Waals surface area contributed by atoms with E-state index in [1.807, 2.05) is 23.1 Å². The normalized spacial score (nSPS) is 18.2. The summed E-state index contributed by atoms with van der Waals surface area (Å²) in [4.78, 5) is 18.6. The summed E-state index contributed by atoms with van der Waals surface area (Å²) in [6.07, 6.45) is 2.46. The molecule has 0 spiro atoms. The number of halogens is 1. The topological polar surface area (TPSA) is 60.2 Å². The molecule has 1 aliphatic heterocycles. The van der Waals surface area contributed by atoms with E-state index in [2.05, 4.69) is 17.0 Å². The van der Waals surface area contributed by atoms with Crippen molar-refractivity contribution in [2.75, 3.05) is 19.7 Å². The van der Waals surface area contributed by atoms with Crippen LogP contribution in [0.15, 0.2) is 30.6 Å². The number of benzene rings is 1. The Balaban J connectivity index is 1.75. The van der Waals surface area contributed by atoms with Crippen LogP contribution in [-0.4, -0.2) is 51.4 Å². The third kappa shape index (κ3) is 3.54. The number of carbonyl (C=O) groups excluding carboxylic acids is 1. The van der Waals surface area contributed by atoms with Gasteiger partial charge in [0.15, 0.2) is 5.82 Å². The fourth-order valence-corrected chi connectivity index (χ4v) is 2.87. The first-order valence-electron chi connectivity index (χ1n) is 7.71. The molecule has 1 aromatic carbocycles. The van der Waals surface area contributed by atoms with Crippen molar-refractivity contribution in [2.45, 2.75) is 26.0 Å². The van der Waals surface area contributed by atoms with Crippen molar-refractivity contribution in [1.29, 1.82) is 0 Å². The van der Waals surface area contributed by atoms with Crippen LogP contribution in [0.1, 0.15) is 13.3 Å². The van der Waals surface area contributed by atoms with Crippen molar-refractivity contribution in [1.82, 2.24) is 19.7 Å². The first-order chi connectivity index (χ1) is 11.2. The van der Waals surface area contributed by atoms with Gasteiger partial charge in [0.2, 0.25) is 5.91 Å². The minimum absolute atomic E-state index is 0.0190. The number of nitrogens with zero attached hydrogens (tertiary/aromatic N) is 4. The van der Waals surface area contributed by atoms with E-state index in [0.717, 1.165) is 12.0 Å². The molecule has 3 rings (SSSR count). The highest BCUT2D eigenvalue weighted by Gasteiger charge is 2.24. The molecule has 1 amide bonds. The molecule has 2 heterocycles. The van der Waals surface area contributed by atoms with Crippen LogP contribution in [0.5, 0.6) is 0 Å². The average molecular weight is 335 g/mol. The Morgan fingerprint density at radius 3 is 3.04 bits per heavy atom. The Kier molecular flexibility index (Phi) is 4.93. The summed E-state index contributed by atoms with van der Waals surface area (Å²) in [5.41, 5.74) is 0.771. The van der Waals surface area contributed by atoms with Crippen LogP contribution in [0.4, 0.5) is 0 Å². The molecule has 1 aliphatic rings. The van der Waals surface area contributed by atoms with Gasteiger partial charge in [-0.15, -0.1) is 0 Å². The minimum atomic E-state index is 0.0190. The van der Waals surface area contributed by atoms with Crippen LogP contribution in [0.3, 0.4) is 0 Å². The van der Waals surface area contributed by atoms with Gasteiger partial charge in [0, 0.05) is 18.7 Å². The summed E-state index contributed by atoms with van der Waals surface area (Å²) in [5, 5.41) is 4.77. The SMILES string of the molecule is CC[C@@H]1CN(C(=O)Cn2ncnc2-c2ccccc2Cl)CCO1. The van der Waals surface area contributed by atoms with Crippen molar-refractivity contribution < 1.29 is 9.53 Å². The maximum Gasteiger partial charge on any atom is 0.244 e. The van der Waals surface area contributed by atoms with Crippen LogP contribution in [-0.2, 0) is 16.1 Å². The second-order valence-corrected chi connectivity index (χ2v) is 5.87. The first-order valence-corrected chi connectivity index (χ1v) is 8.09. The number of hydrogen-bond donors (Lipinski definition) is 0. The summed E-state index contributed by atoms with van der Waals surface area (Å²) in [7, 11) is 0. The van der Waals surface area contributed by atoms with Crippen molar-refractivity contribution >= 4 is 17.5 Å². The molecular formula is C16H19ClN4O2. The molecule has 7 heteroatoms. The Bertz CT molecular complexity index is 688. The van der Waals surface area contributed by atoms with E-state index in [0.29, 0.717) is 30.5 Å². The fourth-order valence-electron chi connectivity index (χ4n) is 2.65. The number of hydrogen-bond acceptors (Lipinski definition) is 4. The zero-order valence-electron chi connectivity index (χ0n) is 13.0. The number of carbonyl (C=O) groups is 1. The average Bonchev–Trinajstić information content (AvgIpc) is 3.03. The molecule has 0 N–H and O–H groups in total. The second kappa shape index (κ2) is 7.10. The minimum Gasteiger partial charge on any atom is -0.375 e. The quantitative estimate of drug-likeness (QED) is 0.860. The van der Waals surface area contributed by atoms with Crippen molar-refractivity contribution in [3.05, 3.63) is 35.6 Å². The van der Waals surface area contributed by atoms with E-state index in [1.54, 1.807) is 10.7 Å². The standard InChI is InChI=1S/C16H19ClN4O2/c1-2-12-9-20(7-8-23-12)15(22)10-21-16(18-11-19-21)13-5-3-4-6-14(13)17/h3-6,11-12H,2,7-10H2,1H3/t12-/m1/s1. The lowest BCUT2D eigenvalue weighted by Crippen LogP contribution is -2.46. The zero-order chi connectivity index (χ0) is 16.2. The van der Waals surface area contributed by atoms with Gasteiger partial charge in [0.25, 0.3) is 0 Å². The molecule has 0 radical (unpaired) electrons. The van der Waals surface area contributed by atoms with Crippen molar-refractivity contribution in [2.24, 2.45) is 0 Å². The number of morpholine rings is 1. The highest BCUT2D eigenvalue weighted by atomic mass is 35.5. The van der Waals surface area contributed by atoms with Crippen LogP contribution in [0.2, 0.25) is 5.02 Å². The highest BCUT2D eigenvalue weighted by Crippen LogP contribution is 2.25. The molecule has 1 fully saturated rings. The number of aromatic nitrogens is 3. The third-order valence-electron chi connectivity index (χ3n) is 3.96. The number of amides is 1. The molecule has 122 valence electrons. The maximum absolute atomic E-state index is 12.5. The predicted molar refractivity (Wildman–Crippen MR) is 87.1 cm³/mol. The lowest BCUT2D eigenvalue weighted by molar-refractivity contribution is -0.139. The van der Waals surface area contributed by atoms with E-state index < -0.39 is 0 Å². The zero-order valence-corrected chi connectivity index (χ0v) is 13.7. The molecule has 0 saturated carbocycles. The highest BCUT2D eigenvalue weighted by molar-refractivity contribution is 6.33. The van der Waals surface area contributed by atoms with Crippen LogP contribution >= 0.6 is 11.6 Å². The van der Waals surface area contributed by atoms with E-state index >= 15 is 0 Å². The van der Waals surface area contributed by atoms with E-state index in [-0.39, 0.29) is 18.6 Å². The van der Waals surface area contributed by atoms with Crippen molar-refractivity contribution in [3.8, 4) is 11.4 Å². The second-order valence-electron chi connectivity index (χ2n) is 5.46. The molecule has 0 unspecified atom stereocenters. The Hall–Kier alpha value is -1.92. The molecule has 0 bridgehead atoms. The van der Waals surface area contributed by atoms with Gasteiger partial charge in [-0.05, 0) is 18.6 Å². The van der Waals surface area contributed by atoms with Gasteiger partial charge >= 0.3 is 0 Å². The number of ether oxygens (including phenoxy) is 1. The Morgan fingerprint density at radius 2 is 2.26 bits per heavy atom. The lowest BCUT2D eigenvalue weighted by atomic mass is 10.2. The van der Waals surface area contributed by atoms with Gasteiger partial charge in [-0.1, -0.05) is 30.7 Å². The van der Waals surface area contributed by atoms with Crippen LogP contribution < -0.4 is 0 Å². The van der Waals surface area contributed by atoms with Gasteiger partial charge in [-0.2, -0.15) is 5.10 Å². The molecule has 1 saturated heterocycles. The molecular weight excluding hydrogens is 316 g/mol. The predicted octanol–water partition coefficient (Wildman–Crippen LogP) is 2.24. The molecule has 23 heavy (non-hydrogen) atoms. The smallest absolute Gasteiger partial charge is 0.244 e. The van der Waals surface area contributed by atoms with E-state index in [4.69, 9.17) is 16.3 Å². The van der Waals surface area contributed by atoms with Crippen LogP contribution in [0, 0.1) is 0 Å². The Labute approximate surface area is 140 Å². The van der Waals surface area contributed by atoms with Gasteiger partial charge in [-0.25, -0.2) is 9.67 Å². The van der Waals surface area contributed by atoms with Gasteiger partial charge in [-0.3, -0.25) is 4.79 Å². The Morgan fingerprint density at radius 1 is 1.43 bits per heavy atom. The molecule has 1 aromatic heterocycles. The van der Waals surface area contributed by atoms with Gasteiger partial charge in [0.05, 0.1) is 17.7 Å². The summed E-state index contributed by atoms with van der Waals surface area (Å²) >= 11 is 6.22. The van der Waals surface area contributed by atoms with Gasteiger partial charge < -0.3 is 9.64 Å². The summed E-state index contributed by atoms with van der Waals surface area (Å²) in [6.45, 7) is 4.04. The fraction of sp³-hybridized carbons (Fsp3) is 0.438. The summed E-state index contributed by atoms with van der Waals surface area (Å²) in [6, 6.07) is 7.41. The number of rotatable bonds is 4. The summed E-state index contributed by atoms with van der Waals surface area (Å²) in [5.74, 6) is 0.620.